The van der Waals surface area contributed by atoms with Crippen LogP contribution in [0.5, 0.6) is 5.75 Å². The molecule has 0 bridgehead atoms. The van der Waals surface area contributed by atoms with Crippen LogP contribution in [-0.4, -0.2) is 31.4 Å². The number of ether oxygens (including phenoxy) is 2. The Hall–Kier alpha value is -1.06. The van der Waals surface area contributed by atoms with Crippen LogP contribution in [0.3, 0.4) is 0 Å². The Balaban J connectivity index is 2.05. The van der Waals surface area contributed by atoms with Gasteiger partial charge in [-0.25, -0.2) is 0 Å². The number of hydrogen-bond donors (Lipinski definition) is 0. The predicted octanol–water partition coefficient (Wildman–Crippen LogP) is 1.87. The molecule has 1 aromatic carbocycles. The standard InChI is InChI=1S/C12H17NO2/c1-10(8-14-2)13-7-11-5-3-4-6-12(11)15-9-13/h3-6,10H,7-9H2,1-2H3. The summed E-state index contributed by atoms with van der Waals surface area (Å²) in [5.74, 6) is 1.01. The Morgan fingerprint density at radius 1 is 1.47 bits per heavy atom. The van der Waals surface area contributed by atoms with Crippen molar-refractivity contribution in [2.24, 2.45) is 0 Å². The minimum Gasteiger partial charge on any atom is -0.478 e. The van der Waals surface area contributed by atoms with Gasteiger partial charge in [0.15, 0.2) is 0 Å². The maximum Gasteiger partial charge on any atom is 0.142 e. The van der Waals surface area contributed by atoms with Gasteiger partial charge in [0.05, 0.1) is 6.61 Å². The van der Waals surface area contributed by atoms with Gasteiger partial charge in [0, 0.05) is 25.3 Å². The van der Waals surface area contributed by atoms with Gasteiger partial charge in [0.25, 0.3) is 0 Å². The Kier molecular flexibility index (Phi) is 3.23. The molecule has 0 aromatic heterocycles. The van der Waals surface area contributed by atoms with Crippen molar-refractivity contribution in [3.05, 3.63) is 29.8 Å². The molecule has 82 valence electrons. The fourth-order valence-electron chi connectivity index (χ4n) is 1.82. The van der Waals surface area contributed by atoms with Crippen molar-refractivity contribution in [2.45, 2.75) is 19.5 Å². The average Bonchev–Trinajstić information content (AvgIpc) is 2.29. The van der Waals surface area contributed by atoms with E-state index in [1.807, 2.05) is 18.2 Å². The lowest BCUT2D eigenvalue weighted by molar-refractivity contribution is 0.0257. The number of nitrogens with zero attached hydrogens (tertiary/aromatic N) is 1. The Bertz CT molecular complexity index is 327. The van der Waals surface area contributed by atoms with Crippen LogP contribution in [0.1, 0.15) is 12.5 Å². The van der Waals surface area contributed by atoms with E-state index in [1.54, 1.807) is 7.11 Å². The zero-order chi connectivity index (χ0) is 10.7. The third kappa shape index (κ3) is 2.30. The lowest BCUT2D eigenvalue weighted by atomic mass is 10.1. The smallest absolute Gasteiger partial charge is 0.142 e. The summed E-state index contributed by atoms with van der Waals surface area (Å²) in [6.45, 7) is 4.49. The summed E-state index contributed by atoms with van der Waals surface area (Å²) in [7, 11) is 1.73. The Morgan fingerprint density at radius 3 is 3.07 bits per heavy atom. The fourth-order valence-corrected chi connectivity index (χ4v) is 1.82. The molecule has 0 saturated heterocycles. The maximum absolute atomic E-state index is 5.67. The number of hydrogen-bond acceptors (Lipinski definition) is 3. The average molecular weight is 207 g/mol. The van der Waals surface area contributed by atoms with Crippen molar-refractivity contribution < 1.29 is 9.47 Å². The Morgan fingerprint density at radius 2 is 2.27 bits per heavy atom. The first-order valence-electron chi connectivity index (χ1n) is 5.25. The van der Waals surface area contributed by atoms with Crippen LogP contribution in [0, 0.1) is 0 Å². The van der Waals surface area contributed by atoms with Crippen molar-refractivity contribution in [2.75, 3.05) is 20.4 Å². The largest absolute Gasteiger partial charge is 0.478 e. The zero-order valence-electron chi connectivity index (χ0n) is 9.27. The number of methoxy groups -OCH3 is 1. The molecule has 0 saturated carbocycles. The van der Waals surface area contributed by atoms with Crippen molar-refractivity contribution in [3.63, 3.8) is 0 Å². The highest BCUT2D eigenvalue weighted by Gasteiger charge is 2.20. The van der Waals surface area contributed by atoms with Crippen LogP contribution in [0.2, 0.25) is 0 Å². The first-order valence-corrected chi connectivity index (χ1v) is 5.25. The molecular weight excluding hydrogens is 190 g/mol. The van der Waals surface area contributed by atoms with Gasteiger partial charge < -0.3 is 9.47 Å². The van der Waals surface area contributed by atoms with Crippen LogP contribution in [0.4, 0.5) is 0 Å². The lowest BCUT2D eigenvalue weighted by Crippen LogP contribution is -2.40. The third-order valence-corrected chi connectivity index (χ3v) is 2.76. The van der Waals surface area contributed by atoms with Crippen LogP contribution in [0.25, 0.3) is 0 Å². The molecule has 15 heavy (non-hydrogen) atoms. The minimum absolute atomic E-state index is 0.392. The van der Waals surface area contributed by atoms with E-state index in [0.717, 1.165) is 18.9 Å². The number of rotatable bonds is 3. The van der Waals surface area contributed by atoms with E-state index in [4.69, 9.17) is 9.47 Å². The highest BCUT2D eigenvalue weighted by atomic mass is 16.5. The molecule has 0 aliphatic carbocycles. The number of fused-ring (bicyclic) bond motifs is 1. The van der Waals surface area contributed by atoms with Gasteiger partial charge in [0.1, 0.15) is 12.5 Å². The SMILES string of the molecule is COCC(C)N1COc2ccccc2C1. The van der Waals surface area contributed by atoms with Gasteiger partial charge >= 0.3 is 0 Å². The van der Waals surface area contributed by atoms with E-state index in [1.165, 1.54) is 5.56 Å². The molecule has 0 amide bonds. The highest BCUT2D eigenvalue weighted by Crippen LogP contribution is 2.25. The molecule has 1 aromatic rings. The van der Waals surface area contributed by atoms with E-state index in [-0.39, 0.29) is 0 Å². The first kappa shape index (κ1) is 10.5. The second-order valence-corrected chi connectivity index (χ2v) is 3.93. The minimum atomic E-state index is 0.392. The molecule has 1 atom stereocenters. The lowest BCUT2D eigenvalue weighted by Gasteiger charge is -2.33. The van der Waals surface area contributed by atoms with E-state index in [2.05, 4.69) is 17.9 Å². The molecular formula is C12H17NO2. The van der Waals surface area contributed by atoms with Gasteiger partial charge in [-0.3, -0.25) is 4.90 Å². The summed E-state index contributed by atoms with van der Waals surface area (Å²) in [5, 5.41) is 0. The van der Waals surface area contributed by atoms with Gasteiger partial charge in [0.2, 0.25) is 0 Å². The summed E-state index contributed by atoms with van der Waals surface area (Å²) >= 11 is 0. The molecule has 2 rings (SSSR count). The fraction of sp³-hybridized carbons (Fsp3) is 0.500. The van der Waals surface area contributed by atoms with Gasteiger partial charge in [-0.1, -0.05) is 18.2 Å². The van der Waals surface area contributed by atoms with Crippen LogP contribution in [0.15, 0.2) is 24.3 Å². The second-order valence-electron chi connectivity index (χ2n) is 3.93. The monoisotopic (exact) mass is 207 g/mol. The van der Waals surface area contributed by atoms with Crippen molar-refractivity contribution in [1.82, 2.24) is 4.90 Å². The summed E-state index contributed by atoms with van der Waals surface area (Å²) in [6.07, 6.45) is 0. The Labute approximate surface area is 90.6 Å². The molecule has 3 nitrogen and oxygen atoms in total. The van der Waals surface area contributed by atoms with E-state index in [9.17, 15) is 0 Å². The molecule has 0 N–H and O–H groups in total. The topological polar surface area (TPSA) is 21.7 Å². The van der Waals surface area contributed by atoms with Crippen molar-refractivity contribution in [1.29, 1.82) is 0 Å². The van der Waals surface area contributed by atoms with Crippen molar-refractivity contribution in [3.8, 4) is 5.75 Å². The molecule has 1 heterocycles. The first-order chi connectivity index (χ1) is 7.31. The molecule has 1 unspecified atom stereocenters. The zero-order valence-corrected chi connectivity index (χ0v) is 9.27. The number of benzene rings is 1. The maximum atomic E-state index is 5.67. The normalized spacial score (nSPS) is 18.0. The summed E-state index contributed by atoms with van der Waals surface area (Å²) in [4.78, 5) is 2.27. The summed E-state index contributed by atoms with van der Waals surface area (Å²) in [5.41, 5.74) is 1.26. The second kappa shape index (κ2) is 4.64. The summed E-state index contributed by atoms with van der Waals surface area (Å²) in [6, 6.07) is 8.58. The van der Waals surface area contributed by atoms with Gasteiger partial charge in [-0.15, -0.1) is 0 Å². The van der Waals surface area contributed by atoms with Gasteiger partial charge in [-0.2, -0.15) is 0 Å². The molecule has 0 fully saturated rings. The van der Waals surface area contributed by atoms with Crippen molar-refractivity contribution >= 4 is 0 Å². The molecule has 0 radical (unpaired) electrons. The molecule has 3 heteroatoms. The molecule has 0 spiro atoms. The highest BCUT2D eigenvalue weighted by molar-refractivity contribution is 5.34. The van der Waals surface area contributed by atoms with E-state index < -0.39 is 0 Å². The predicted molar refractivity (Wildman–Crippen MR) is 58.8 cm³/mol. The molecule has 1 aliphatic rings. The number of para-hydroxylation sites is 1. The molecule has 1 aliphatic heterocycles. The summed E-state index contributed by atoms with van der Waals surface area (Å²) < 4.78 is 10.8. The van der Waals surface area contributed by atoms with Crippen LogP contribution in [-0.2, 0) is 11.3 Å². The third-order valence-electron chi connectivity index (χ3n) is 2.76. The van der Waals surface area contributed by atoms with Crippen LogP contribution < -0.4 is 4.74 Å². The van der Waals surface area contributed by atoms with Crippen LogP contribution >= 0.6 is 0 Å². The quantitative estimate of drug-likeness (QED) is 0.755. The van der Waals surface area contributed by atoms with Gasteiger partial charge in [-0.05, 0) is 13.0 Å². The van der Waals surface area contributed by atoms with E-state index in [0.29, 0.717) is 12.8 Å². The van der Waals surface area contributed by atoms with E-state index >= 15 is 0 Å².